The normalized spacial score (nSPS) is 13.3. The maximum Gasteiger partial charge on any atom is 0.341 e. The van der Waals surface area contributed by atoms with Gasteiger partial charge in [-0.15, -0.1) is 28.1 Å². The van der Waals surface area contributed by atoms with E-state index in [2.05, 4.69) is 22.1 Å². The Hall–Kier alpha value is -3.31. The molecular formula is C27H32N4O5S2. The van der Waals surface area contributed by atoms with Crippen LogP contribution in [0.2, 0.25) is 0 Å². The summed E-state index contributed by atoms with van der Waals surface area (Å²) in [4.78, 5) is 26.8. The molecule has 11 heteroatoms. The Kier molecular flexibility index (Phi) is 9.46. The maximum absolute atomic E-state index is 12.9. The smallest absolute Gasteiger partial charge is 0.341 e. The van der Waals surface area contributed by atoms with Crippen LogP contribution in [0, 0.1) is 0 Å². The Morgan fingerprint density at radius 1 is 1.21 bits per heavy atom. The fraction of sp³-hybridized carbons (Fsp3) is 0.407. The van der Waals surface area contributed by atoms with Crippen LogP contribution in [0.5, 0.6) is 11.5 Å². The van der Waals surface area contributed by atoms with Gasteiger partial charge in [-0.05, 0) is 69.4 Å². The van der Waals surface area contributed by atoms with Crippen molar-refractivity contribution in [2.24, 2.45) is 0 Å². The first kappa shape index (κ1) is 27.7. The molecule has 2 heterocycles. The number of ether oxygens (including phenoxy) is 3. The highest BCUT2D eigenvalue weighted by molar-refractivity contribution is 7.99. The molecule has 0 bridgehead atoms. The topological polar surface area (TPSA) is 105 Å². The van der Waals surface area contributed by atoms with E-state index < -0.39 is 0 Å². The van der Waals surface area contributed by atoms with Crippen molar-refractivity contribution in [3.05, 3.63) is 58.7 Å². The number of thioether (sulfide) groups is 1. The van der Waals surface area contributed by atoms with Crippen LogP contribution in [0.15, 0.2) is 42.1 Å². The van der Waals surface area contributed by atoms with Gasteiger partial charge >= 0.3 is 5.97 Å². The third-order valence-corrected chi connectivity index (χ3v) is 8.20. The second-order valence-electron chi connectivity index (χ2n) is 8.65. The number of thiophene rings is 1. The van der Waals surface area contributed by atoms with Gasteiger partial charge in [-0.2, -0.15) is 0 Å². The van der Waals surface area contributed by atoms with E-state index in [1.807, 2.05) is 35.8 Å². The van der Waals surface area contributed by atoms with Crippen LogP contribution < -0.4 is 14.8 Å². The lowest BCUT2D eigenvalue weighted by Gasteiger charge is -2.16. The lowest BCUT2D eigenvalue weighted by atomic mass is 9.95. The second-order valence-corrected chi connectivity index (χ2v) is 10.7. The van der Waals surface area contributed by atoms with E-state index in [-0.39, 0.29) is 30.3 Å². The summed E-state index contributed by atoms with van der Waals surface area (Å²) in [5.74, 6) is 1.55. The summed E-state index contributed by atoms with van der Waals surface area (Å²) in [6.45, 7) is 8.27. The van der Waals surface area contributed by atoms with Crippen LogP contribution in [-0.4, -0.2) is 46.1 Å². The maximum atomic E-state index is 12.9. The van der Waals surface area contributed by atoms with Gasteiger partial charge in [-0.25, -0.2) is 4.79 Å². The van der Waals surface area contributed by atoms with E-state index in [1.165, 1.54) is 23.1 Å². The molecule has 4 rings (SSSR count). The number of esters is 1. The van der Waals surface area contributed by atoms with Crippen molar-refractivity contribution in [2.45, 2.75) is 57.3 Å². The lowest BCUT2D eigenvalue weighted by molar-refractivity contribution is -0.113. The number of carbonyl (C=O) groups excluding carboxylic acids is 2. The van der Waals surface area contributed by atoms with Crippen LogP contribution in [0.3, 0.4) is 0 Å². The van der Waals surface area contributed by atoms with Crippen molar-refractivity contribution < 1.29 is 23.8 Å². The molecule has 3 aromatic rings. The van der Waals surface area contributed by atoms with Gasteiger partial charge in [0.05, 0.1) is 25.0 Å². The molecule has 0 saturated heterocycles. The van der Waals surface area contributed by atoms with Gasteiger partial charge in [0.1, 0.15) is 16.5 Å². The SMILES string of the molecule is C=CCn1c(SCC(=O)Nc2sc3c(c2C(=O)OCC)CCCC3)nnc1C(C)Oc1ccc(OC)cc1. The minimum atomic E-state index is -0.386. The van der Waals surface area contributed by atoms with Gasteiger partial charge < -0.3 is 19.5 Å². The molecule has 1 N–H and O–H groups in total. The van der Waals surface area contributed by atoms with Gasteiger partial charge in [0.15, 0.2) is 17.1 Å². The Morgan fingerprint density at radius 3 is 2.66 bits per heavy atom. The molecule has 0 fully saturated rings. The van der Waals surface area contributed by atoms with E-state index in [1.54, 1.807) is 20.1 Å². The summed E-state index contributed by atoms with van der Waals surface area (Å²) in [5, 5.41) is 12.7. The van der Waals surface area contributed by atoms with Gasteiger partial charge in [-0.1, -0.05) is 17.8 Å². The van der Waals surface area contributed by atoms with E-state index in [0.29, 0.717) is 33.8 Å². The zero-order valence-corrected chi connectivity index (χ0v) is 23.5. The van der Waals surface area contributed by atoms with Crippen LogP contribution in [0.1, 0.15) is 59.4 Å². The second kappa shape index (κ2) is 13.0. The first-order valence-corrected chi connectivity index (χ1v) is 14.3. The van der Waals surface area contributed by atoms with Crippen molar-refractivity contribution in [2.75, 3.05) is 24.8 Å². The van der Waals surface area contributed by atoms with Gasteiger partial charge in [0.2, 0.25) is 5.91 Å². The molecular weight excluding hydrogens is 524 g/mol. The monoisotopic (exact) mass is 556 g/mol. The number of amides is 1. The highest BCUT2D eigenvalue weighted by Crippen LogP contribution is 2.38. The number of rotatable bonds is 12. The van der Waals surface area contributed by atoms with Crippen molar-refractivity contribution >= 4 is 40.0 Å². The summed E-state index contributed by atoms with van der Waals surface area (Å²) < 4.78 is 18.4. The number of hydrogen-bond donors (Lipinski definition) is 1. The third kappa shape index (κ3) is 6.39. The van der Waals surface area contributed by atoms with E-state index in [9.17, 15) is 9.59 Å². The van der Waals surface area contributed by atoms with Crippen molar-refractivity contribution in [1.29, 1.82) is 0 Å². The number of allylic oxidation sites excluding steroid dienone is 1. The zero-order valence-electron chi connectivity index (χ0n) is 21.8. The van der Waals surface area contributed by atoms with Gasteiger partial charge in [0, 0.05) is 11.4 Å². The van der Waals surface area contributed by atoms with Crippen molar-refractivity contribution in [3.63, 3.8) is 0 Å². The molecule has 0 radical (unpaired) electrons. The van der Waals surface area contributed by atoms with Crippen LogP contribution in [0.4, 0.5) is 5.00 Å². The summed E-state index contributed by atoms with van der Waals surface area (Å²) in [5.41, 5.74) is 1.52. The van der Waals surface area contributed by atoms with Crippen molar-refractivity contribution in [1.82, 2.24) is 14.8 Å². The Morgan fingerprint density at radius 2 is 1.95 bits per heavy atom. The molecule has 1 atom stereocenters. The Bertz CT molecular complexity index is 1290. The number of hydrogen-bond acceptors (Lipinski definition) is 9. The molecule has 38 heavy (non-hydrogen) atoms. The van der Waals surface area contributed by atoms with E-state index in [4.69, 9.17) is 14.2 Å². The number of anilines is 1. The average Bonchev–Trinajstić information content (AvgIpc) is 3.49. The molecule has 1 aliphatic rings. The molecule has 1 amide bonds. The molecule has 0 saturated carbocycles. The molecule has 0 spiro atoms. The molecule has 2 aromatic heterocycles. The van der Waals surface area contributed by atoms with E-state index >= 15 is 0 Å². The van der Waals surface area contributed by atoms with Crippen LogP contribution >= 0.6 is 23.1 Å². The summed E-state index contributed by atoms with van der Waals surface area (Å²) in [7, 11) is 1.61. The Balaban J connectivity index is 1.44. The predicted molar refractivity (Wildman–Crippen MR) is 149 cm³/mol. The number of carbonyl (C=O) groups is 2. The molecule has 1 unspecified atom stereocenters. The summed E-state index contributed by atoms with van der Waals surface area (Å²) in [6, 6.07) is 7.31. The number of methoxy groups -OCH3 is 1. The number of aromatic nitrogens is 3. The average molecular weight is 557 g/mol. The number of aryl methyl sites for hydroxylation is 1. The highest BCUT2D eigenvalue weighted by atomic mass is 32.2. The van der Waals surface area contributed by atoms with Gasteiger partial charge in [0.25, 0.3) is 0 Å². The van der Waals surface area contributed by atoms with E-state index in [0.717, 1.165) is 41.9 Å². The standard InChI is InChI=1S/C27H32N4O5S2/c1-5-15-31-24(17(3)36-19-13-11-18(34-4)12-14-19)29-30-27(31)37-16-22(32)28-25-23(26(33)35-6-2)20-9-7-8-10-21(20)38-25/h5,11-14,17H,1,6-10,15-16H2,2-4H3,(H,28,32). The fourth-order valence-electron chi connectivity index (χ4n) is 4.29. The molecule has 1 aromatic carbocycles. The number of nitrogens with zero attached hydrogens (tertiary/aromatic N) is 3. The first-order valence-electron chi connectivity index (χ1n) is 12.5. The minimum Gasteiger partial charge on any atom is -0.497 e. The highest BCUT2D eigenvalue weighted by Gasteiger charge is 2.27. The van der Waals surface area contributed by atoms with Crippen LogP contribution in [0.25, 0.3) is 0 Å². The summed E-state index contributed by atoms with van der Waals surface area (Å²) in [6.07, 6.45) is 5.22. The lowest BCUT2D eigenvalue weighted by Crippen LogP contribution is -2.17. The first-order chi connectivity index (χ1) is 18.4. The van der Waals surface area contributed by atoms with Crippen LogP contribution in [-0.2, 0) is 28.9 Å². The van der Waals surface area contributed by atoms with Crippen molar-refractivity contribution in [3.8, 4) is 11.5 Å². The quantitative estimate of drug-likeness (QED) is 0.178. The number of benzene rings is 1. The predicted octanol–water partition coefficient (Wildman–Crippen LogP) is 5.46. The third-order valence-electron chi connectivity index (χ3n) is 6.03. The van der Waals surface area contributed by atoms with Gasteiger partial charge in [-0.3, -0.25) is 9.36 Å². The zero-order chi connectivity index (χ0) is 27.1. The summed E-state index contributed by atoms with van der Waals surface area (Å²) >= 11 is 2.74. The molecule has 0 aliphatic heterocycles. The minimum absolute atomic E-state index is 0.105. The fourth-order valence-corrected chi connectivity index (χ4v) is 6.33. The largest absolute Gasteiger partial charge is 0.497 e. The molecule has 1 aliphatic carbocycles. The Labute approximate surface area is 230 Å². The molecule has 202 valence electrons. The number of nitrogens with one attached hydrogen (secondary N) is 1. The number of fused-ring (bicyclic) bond motifs is 1. The molecule has 9 nitrogen and oxygen atoms in total.